The summed E-state index contributed by atoms with van der Waals surface area (Å²) in [6.07, 6.45) is 1.50. The standard InChI is InChI=1S/C21H20N4O3/c1-13-12-24-19(18(22)11-23-24)21(27)25(13)16-8-6-14(7-9-16)20(26)15-4-3-5-17(10-15)28-2/h3-11,13H,12,22H2,1-2H3. The molecular weight excluding hydrogens is 356 g/mol. The van der Waals surface area contributed by atoms with Gasteiger partial charge >= 0.3 is 0 Å². The highest BCUT2D eigenvalue weighted by molar-refractivity contribution is 6.11. The normalized spacial score (nSPS) is 16.0. The van der Waals surface area contributed by atoms with Crippen molar-refractivity contribution in [3.05, 3.63) is 71.5 Å². The molecule has 1 amide bonds. The number of nitrogens with zero attached hydrogens (tertiary/aromatic N) is 3. The number of carbonyl (C=O) groups excluding carboxylic acids is 2. The average Bonchev–Trinajstić information content (AvgIpc) is 3.08. The van der Waals surface area contributed by atoms with Crippen LogP contribution >= 0.6 is 0 Å². The third-order valence-electron chi connectivity index (χ3n) is 4.91. The van der Waals surface area contributed by atoms with Gasteiger partial charge in [0.25, 0.3) is 5.91 Å². The lowest BCUT2D eigenvalue weighted by atomic mass is 10.0. The summed E-state index contributed by atoms with van der Waals surface area (Å²) in [5, 5.41) is 4.16. The Morgan fingerprint density at radius 2 is 1.93 bits per heavy atom. The summed E-state index contributed by atoms with van der Waals surface area (Å²) in [4.78, 5) is 27.4. The van der Waals surface area contributed by atoms with E-state index in [0.717, 1.165) is 0 Å². The van der Waals surface area contributed by atoms with Crippen molar-refractivity contribution < 1.29 is 14.3 Å². The number of fused-ring (bicyclic) bond motifs is 1. The van der Waals surface area contributed by atoms with Gasteiger partial charge in [-0.05, 0) is 43.3 Å². The Bertz CT molecular complexity index is 1060. The number of anilines is 2. The molecule has 28 heavy (non-hydrogen) atoms. The van der Waals surface area contributed by atoms with Crippen molar-refractivity contribution in [1.29, 1.82) is 0 Å². The Morgan fingerprint density at radius 3 is 2.64 bits per heavy atom. The topological polar surface area (TPSA) is 90.4 Å². The highest BCUT2D eigenvalue weighted by atomic mass is 16.5. The number of hydrogen-bond acceptors (Lipinski definition) is 5. The molecule has 1 unspecified atom stereocenters. The molecule has 1 aliphatic heterocycles. The average molecular weight is 376 g/mol. The number of benzene rings is 2. The first kappa shape index (κ1) is 17.8. The molecule has 0 saturated heterocycles. The van der Waals surface area contributed by atoms with Gasteiger partial charge in [0.2, 0.25) is 0 Å². The number of nitrogens with two attached hydrogens (primary N) is 1. The number of nitrogen functional groups attached to an aromatic ring is 1. The van der Waals surface area contributed by atoms with Gasteiger partial charge in [-0.3, -0.25) is 14.3 Å². The minimum absolute atomic E-state index is 0.0840. The lowest BCUT2D eigenvalue weighted by molar-refractivity contribution is 0.0947. The van der Waals surface area contributed by atoms with Gasteiger partial charge in [-0.15, -0.1) is 0 Å². The van der Waals surface area contributed by atoms with Crippen molar-refractivity contribution in [3.63, 3.8) is 0 Å². The lowest BCUT2D eigenvalue weighted by Crippen LogP contribution is -2.47. The molecule has 1 aromatic heterocycles. The molecule has 0 fully saturated rings. The van der Waals surface area contributed by atoms with E-state index in [1.807, 2.05) is 6.92 Å². The molecule has 0 bridgehead atoms. The molecular formula is C21H20N4O3. The second-order valence-corrected chi connectivity index (χ2v) is 6.76. The van der Waals surface area contributed by atoms with Crippen molar-refractivity contribution >= 4 is 23.1 Å². The van der Waals surface area contributed by atoms with Crippen LogP contribution in [0.1, 0.15) is 33.3 Å². The molecule has 2 N–H and O–H groups in total. The van der Waals surface area contributed by atoms with Gasteiger partial charge in [0, 0.05) is 16.8 Å². The number of hydrogen-bond donors (Lipinski definition) is 1. The molecule has 7 heteroatoms. The second kappa shape index (κ2) is 6.84. The van der Waals surface area contributed by atoms with Gasteiger partial charge in [0.15, 0.2) is 5.78 Å². The van der Waals surface area contributed by atoms with Gasteiger partial charge in [0.05, 0.1) is 31.6 Å². The number of aromatic nitrogens is 2. The molecule has 0 saturated carbocycles. The fourth-order valence-corrected chi connectivity index (χ4v) is 3.49. The highest BCUT2D eigenvalue weighted by Gasteiger charge is 2.33. The fourth-order valence-electron chi connectivity index (χ4n) is 3.49. The van der Waals surface area contributed by atoms with Gasteiger partial charge < -0.3 is 15.4 Å². The van der Waals surface area contributed by atoms with Crippen LogP contribution in [0.15, 0.2) is 54.7 Å². The largest absolute Gasteiger partial charge is 0.497 e. The quantitative estimate of drug-likeness (QED) is 0.707. The summed E-state index contributed by atoms with van der Waals surface area (Å²) in [7, 11) is 1.56. The number of carbonyl (C=O) groups is 2. The molecule has 2 aromatic carbocycles. The fraction of sp³-hybridized carbons (Fsp3) is 0.190. The molecule has 1 atom stereocenters. The number of ketones is 1. The molecule has 0 spiro atoms. The first-order chi connectivity index (χ1) is 13.5. The summed E-state index contributed by atoms with van der Waals surface area (Å²) in [6, 6.07) is 14.0. The van der Waals surface area contributed by atoms with E-state index >= 15 is 0 Å². The molecule has 1 aliphatic rings. The van der Waals surface area contributed by atoms with E-state index in [1.54, 1.807) is 65.2 Å². The van der Waals surface area contributed by atoms with Gasteiger partial charge in [-0.1, -0.05) is 12.1 Å². The van der Waals surface area contributed by atoms with E-state index in [-0.39, 0.29) is 17.7 Å². The summed E-state index contributed by atoms with van der Waals surface area (Å²) in [6.45, 7) is 2.51. The maximum absolute atomic E-state index is 12.9. The summed E-state index contributed by atoms with van der Waals surface area (Å²) in [5.41, 5.74) is 8.47. The third-order valence-corrected chi connectivity index (χ3v) is 4.91. The van der Waals surface area contributed by atoms with E-state index in [2.05, 4.69) is 5.10 Å². The maximum atomic E-state index is 12.9. The minimum atomic E-state index is -0.194. The number of rotatable bonds is 4. The molecule has 4 rings (SSSR count). The van der Waals surface area contributed by atoms with Crippen LogP contribution in [0.5, 0.6) is 5.75 Å². The third kappa shape index (κ3) is 2.90. The van der Waals surface area contributed by atoms with Crippen molar-refractivity contribution in [2.75, 3.05) is 17.7 Å². The zero-order valence-corrected chi connectivity index (χ0v) is 15.6. The Balaban J connectivity index is 1.62. The Kier molecular flexibility index (Phi) is 4.35. The number of amides is 1. The molecule has 0 aliphatic carbocycles. The van der Waals surface area contributed by atoms with Crippen LogP contribution in [0.3, 0.4) is 0 Å². The first-order valence-corrected chi connectivity index (χ1v) is 8.93. The van der Waals surface area contributed by atoms with E-state index in [4.69, 9.17) is 10.5 Å². The lowest BCUT2D eigenvalue weighted by Gasteiger charge is -2.34. The van der Waals surface area contributed by atoms with E-state index < -0.39 is 0 Å². The molecule has 7 nitrogen and oxygen atoms in total. The van der Waals surface area contributed by atoms with Gasteiger partial charge in [-0.2, -0.15) is 5.10 Å². The van der Waals surface area contributed by atoms with Crippen molar-refractivity contribution in [3.8, 4) is 5.75 Å². The van der Waals surface area contributed by atoms with Crippen molar-refractivity contribution in [1.82, 2.24) is 9.78 Å². The van der Waals surface area contributed by atoms with Crippen molar-refractivity contribution in [2.24, 2.45) is 0 Å². The van der Waals surface area contributed by atoms with Gasteiger partial charge in [0.1, 0.15) is 11.4 Å². The minimum Gasteiger partial charge on any atom is -0.497 e. The number of ether oxygens (including phenoxy) is 1. The molecule has 0 radical (unpaired) electrons. The molecule has 142 valence electrons. The Morgan fingerprint density at radius 1 is 1.18 bits per heavy atom. The van der Waals surface area contributed by atoms with Crippen LogP contribution in [-0.2, 0) is 6.54 Å². The molecule has 2 heterocycles. The van der Waals surface area contributed by atoms with E-state index in [0.29, 0.717) is 40.5 Å². The van der Waals surface area contributed by atoms with Crippen LogP contribution in [0.2, 0.25) is 0 Å². The zero-order chi connectivity index (χ0) is 19.8. The van der Waals surface area contributed by atoms with Crippen LogP contribution < -0.4 is 15.4 Å². The smallest absolute Gasteiger partial charge is 0.279 e. The van der Waals surface area contributed by atoms with E-state index in [1.165, 1.54) is 6.20 Å². The van der Waals surface area contributed by atoms with Crippen LogP contribution in [0.25, 0.3) is 0 Å². The Hall–Kier alpha value is -3.61. The summed E-state index contributed by atoms with van der Waals surface area (Å²) >= 11 is 0. The number of methoxy groups -OCH3 is 1. The zero-order valence-electron chi connectivity index (χ0n) is 15.6. The van der Waals surface area contributed by atoms with Crippen LogP contribution in [0.4, 0.5) is 11.4 Å². The van der Waals surface area contributed by atoms with E-state index in [9.17, 15) is 9.59 Å². The van der Waals surface area contributed by atoms with Crippen LogP contribution in [0, 0.1) is 0 Å². The maximum Gasteiger partial charge on any atom is 0.279 e. The van der Waals surface area contributed by atoms with Crippen molar-refractivity contribution in [2.45, 2.75) is 19.5 Å². The summed E-state index contributed by atoms with van der Waals surface area (Å²) < 4.78 is 6.82. The van der Waals surface area contributed by atoms with Gasteiger partial charge in [-0.25, -0.2) is 0 Å². The predicted molar refractivity (Wildman–Crippen MR) is 106 cm³/mol. The second-order valence-electron chi connectivity index (χ2n) is 6.76. The monoisotopic (exact) mass is 376 g/mol. The first-order valence-electron chi connectivity index (χ1n) is 8.93. The van der Waals surface area contributed by atoms with Crippen LogP contribution in [-0.4, -0.2) is 34.6 Å². The predicted octanol–water partition coefficient (Wildman–Crippen LogP) is 2.75. The SMILES string of the molecule is COc1cccc(C(=O)c2ccc(N3C(=O)c4c(N)cnn4CC3C)cc2)c1. The highest BCUT2D eigenvalue weighted by Crippen LogP contribution is 2.28. The Labute approximate surface area is 162 Å². The molecule has 3 aromatic rings. The summed E-state index contributed by atoms with van der Waals surface area (Å²) in [5.74, 6) is 0.329.